The first-order valence-electron chi connectivity index (χ1n) is 2.28. The Morgan fingerprint density at radius 2 is 0.615 bits per heavy atom. The predicted molar refractivity (Wildman–Crippen MR) is 33.3 cm³/mol. The van der Waals surface area contributed by atoms with E-state index in [1.807, 2.05) is 32.1 Å². The fraction of sp³-hybridized carbons (Fsp3) is 0. The normalized spacial score (nSPS) is 9.69. The molecule has 3 nitrogen and oxygen atoms in total. The molecule has 0 bridgehead atoms. The molecule has 0 N–H and O–H groups in total. The van der Waals surface area contributed by atoms with Crippen LogP contribution in [0.5, 0.6) is 0 Å². The minimum Gasteiger partial charge on any atom is -0.0312 e. The molecule has 1 rings (SSSR count). The molecule has 5 heteroatoms. The molecule has 61 valence electrons. The van der Waals surface area contributed by atoms with Gasteiger partial charge in [-0.15, -0.1) is 0 Å². The Morgan fingerprint density at radius 1 is 0.538 bits per heavy atom. The Bertz CT molecular complexity index is 85.8. The van der Waals surface area contributed by atoms with Gasteiger partial charge in [0.2, 0.25) is 0 Å². The second-order valence-corrected chi connectivity index (χ2v) is 0.962. The second-order valence-electron chi connectivity index (χ2n) is 0.962. The van der Waals surface area contributed by atoms with Crippen molar-refractivity contribution >= 4 is 0 Å². The van der Waals surface area contributed by atoms with E-state index in [9.17, 15) is 0 Å². The molecule has 1 fully saturated rings. The minimum absolute atomic E-state index is 0. The second kappa shape index (κ2) is 49.8. The molecule has 0 aromatic heterocycles. The van der Waals surface area contributed by atoms with Crippen LogP contribution in [0.25, 0.3) is 0 Å². The molecule has 0 saturated heterocycles. The van der Waals surface area contributed by atoms with Crippen LogP contribution in [0.3, 0.4) is 0 Å². The Hall–Kier alpha value is 1.54. The largest absolute Gasteiger partial charge is 1.00 e. The summed E-state index contributed by atoms with van der Waals surface area (Å²) in [5.41, 5.74) is 0. The third-order valence-electron chi connectivity index (χ3n) is 0.556. The Kier molecular flexibility index (Phi) is 112. The molecule has 0 aromatic carbocycles. The van der Waals surface area contributed by atoms with Crippen molar-refractivity contribution in [1.29, 1.82) is 0 Å². The van der Waals surface area contributed by atoms with Crippen LogP contribution in [-0.4, -0.2) is 0 Å². The molecule has 0 spiro atoms. The SMILES string of the molecule is [C-]#[O+].[C-]#[O+].[C-]#[O+].[CH]1[CH][CH][CH][CH]1.[K+].[W]. The van der Waals surface area contributed by atoms with Crippen molar-refractivity contribution in [3.63, 3.8) is 0 Å². The van der Waals surface area contributed by atoms with Gasteiger partial charge in [0.15, 0.2) is 0 Å². The van der Waals surface area contributed by atoms with E-state index in [1.54, 1.807) is 0 Å². The van der Waals surface area contributed by atoms with Gasteiger partial charge in [0, 0.05) is 21.1 Å². The van der Waals surface area contributed by atoms with Crippen LogP contribution in [0, 0.1) is 52.1 Å². The molecule has 0 unspecified atom stereocenters. The smallest absolute Gasteiger partial charge is 0.0312 e. The van der Waals surface area contributed by atoms with Crippen molar-refractivity contribution in [3.8, 4) is 0 Å². The van der Waals surface area contributed by atoms with Crippen molar-refractivity contribution in [2.24, 2.45) is 0 Å². The van der Waals surface area contributed by atoms with Crippen LogP contribution in [0.15, 0.2) is 0 Å². The van der Waals surface area contributed by atoms with Gasteiger partial charge >= 0.3 is 85.3 Å². The molecule has 1 saturated carbocycles. The standard InChI is InChI=1S/C5H5.3CO.K.W/c1-2-4-5-3-1;3*1-2;;/h1-5H;;;;;/q;;;;+1;. The van der Waals surface area contributed by atoms with Crippen LogP contribution >= 0.6 is 0 Å². The third-order valence-corrected chi connectivity index (χ3v) is 0.556. The van der Waals surface area contributed by atoms with Crippen LogP contribution < -0.4 is 51.4 Å². The van der Waals surface area contributed by atoms with Crippen molar-refractivity contribution in [3.05, 3.63) is 52.1 Å². The summed E-state index contributed by atoms with van der Waals surface area (Å²) < 4.78 is 22.5. The monoisotopic (exact) mass is 372 g/mol. The summed E-state index contributed by atoms with van der Waals surface area (Å²) in [6.07, 6.45) is 10.0. The summed E-state index contributed by atoms with van der Waals surface area (Å²) in [7, 11) is 0. The fourth-order valence-electron chi connectivity index (χ4n) is 0.321. The van der Waals surface area contributed by atoms with Crippen molar-refractivity contribution in [2.75, 3.05) is 0 Å². The van der Waals surface area contributed by atoms with E-state index in [0.717, 1.165) is 0 Å². The van der Waals surface area contributed by atoms with Gasteiger partial charge in [-0.1, -0.05) is 0 Å². The molecule has 0 aliphatic heterocycles. The van der Waals surface area contributed by atoms with Crippen LogP contribution in [-0.2, 0) is 35.0 Å². The number of hydrogen-bond acceptors (Lipinski definition) is 0. The zero-order valence-corrected chi connectivity index (χ0v) is 13.1. The van der Waals surface area contributed by atoms with Crippen molar-refractivity contribution in [2.45, 2.75) is 0 Å². The van der Waals surface area contributed by atoms with Crippen LogP contribution in [0.4, 0.5) is 0 Å². The predicted octanol–water partition coefficient (Wildman–Crippen LogP) is -2.09. The maximum absolute atomic E-state index is 7.50. The van der Waals surface area contributed by atoms with E-state index < -0.39 is 0 Å². The molecule has 0 amide bonds. The zero-order valence-electron chi connectivity index (χ0n) is 7.02. The number of rotatable bonds is 0. The molecule has 5 radical (unpaired) electrons. The van der Waals surface area contributed by atoms with E-state index in [1.165, 1.54) is 0 Å². The Labute approximate surface area is 136 Å². The molecule has 0 atom stereocenters. The average Bonchev–Trinajstić information content (AvgIpc) is 2.71. The minimum atomic E-state index is 0. The van der Waals surface area contributed by atoms with Gasteiger partial charge in [-0.3, -0.25) is 0 Å². The maximum atomic E-state index is 7.50. The van der Waals surface area contributed by atoms with E-state index in [-0.39, 0.29) is 72.4 Å². The maximum Gasteiger partial charge on any atom is 1.00 e. The Balaban J connectivity index is -0.0000000239. The molecule has 0 heterocycles. The summed E-state index contributed by atoms with van der Waals surface area (Å²) in [6, 6.07) is 0. The topological polar surface area (TPSA) is 59.7 Å². The van der Waals surface area contributed by atoms with E-state index in [2.05, 4.69) is 20.0 Å². The molecule has 1 aliphatic rings. The first-order valence-corrected chi connectivity index (χ1v) is 2.28. The summed E-state index contributed by atoms with van der Waals surface area (Å²) in [5.74, 6) is 0. The van der Waals surface area contributed by atoms with E-state index >= 15 is 0 Å². The summed E-state index contributed by atoms with van der Waals surface area (Å²) in [6.45, 7) is 13.5. The molecular formula is C8H5KO3W+. The fourth-order valence-corrected chi connectivity index (χ4v) is 0.321. The zero-order chi connectivity index (χ0) is 9.54. The molecule has 1 aliphatic carbocycles. The summed E-state index contributed by atoms with van der Waals surface area (Å²) >= 11 is 0. The average molecular weight is 372 g/mol. The summed E-state index contributed by atoms with van der Waals surface area (Å²) in [5, 5.41) is 0. The van der Waals surface area contributed by atoms with Crippen molar-refractivity contribution < 1.29 is 86.4 Å². The van der Waals surface area contributed by atoms with Gasteiger partial charge in [-0.05, 0) is 32.1 Å². The quantitative estimate of drug-likeness (QED) is 0.266. The summed E-state index contributed by atoms with van der Waals surface area (Å²) in [4.78, 5) is 0. The number of hydrogen-bond donors (Lipinski definition) is 0. The van der Waals surface area contributed by atoms with Gasteiger partial charge in [0.05, 0.1) is 0 Å². The van der Waals surface area contributed by atoms with Gasteiger partial charge in [0.1, 0.15) is 0 Å². The van der Waals surface area contributed by atoms with Gasteiger partial charge in [-0.2, -0.15) is 0 Å². The first kappa shape index (κ1) is 29.3. The molecular weight excluding hydrogens is 367 g/mol. The van der Waals surface area contributed by atoms with E-state index in [4.69, 9.17) is 14.0 Å². The third kappa shape index (κ3) is 42.1. The van der Waals surface area contributed by atoms with Crippen molar-refractivity contribution in [1.82, 2.24) is 0 Å². The van der Waals surface area contributed by atoms with Gasteiger partial charge in [-0.25, -0.2) is 0 Å². The van der Waals surface area contributed by atoms with Gasteiger partial charge < -0.3 is 0 Å². The molecule has 0 aromatic rings. The Morgan fingerprint density at radius 3 is 0.692 bits per heavy atom. The molecule has 13 heavy (non-hydrogen) atoms. The van der Waals surface area contributed by atoms with Crippen LogP contribution in [0.1, 0.15) is 0 Å². The van der Waals surface area contributed by atoms with E-state index in [0.29, 0.717) is 0 Å². The van der Waals surface area contributed by atoms with Crippen LogP contribution in [0.2, 0.25) is 0 Å². The first-order chi connectivity index (χ1) is 5.50. The van der Waals surface area contributed by atoms with Gasteiger partial charge in [0.25, 0.3) is 0 Å².